The van der Waals surface area contributed by atoms with E-state index in [1.54, 1.807) is 23.9 Å². The minimum Gasteiger partial charge on any atom is -0.362 e. The van der Waals surface area contributed by atoms with Crippen LogP contribution in [-0.2, 0) is 9.53 Å². The van der Waals surface area contributed by atoms with E-state index in [9.17, 15) is 18.0 Å². The van der Waals surface area contributed by atoms with Gasteiger partial charge in [0.05, 0.1) is 6.04 Å². The molecule has 1 unspecified atom stereocenters. The maximum absolute atomic E-state index is 11.9. The van der Waals surface area contributed by atoms with Gasteiger partial charge in [0.15, 0.2) is 0 Å². The molecule has 1 heterocycles. The Morgan fingerprint density at radius 2 is 2.24 bits per heavy atom. The van der Waals surface area contributed by atoms with E-state index in [2.05, 4.69) is 10.1 Å². The van der Waals surface area contributed by atoms with Crippen molar-refractivity contribution in [3.8, 4) is 0 Å². The number of carbonyl (C=O) groups excluding carboxylic acids is 1. The minimum atomic E-state index is -4.43. The van der Waals surface area contributed by atoms with Crippen molar-refractivity contribution in [2.45, 2.75) is 23.5 Å². The van der Waals surface area contributed by atoms with Crippen LogP contribution in [0.4, 0.5) is 13.2 Å². The predicted octanol–water partition coefficient (Wildman–Crippen LogP) is 3.57. The van der Waals surface area contributed by atoms with Crippen LogP contribution >= 0.6 is 23.4 Å². The summed E-state index contributed by atoms with van der Waals surface area (Å²) in [5.41, 5.74) is 0.892. The topological polar surface area (TPSA) is 38.3 Å². The number of carbonyl (C=O) groups is 1. The molecule has 8 heteroatoms. The molecule has 0 bridgehead atoms. The monoisotopic (exact) mass is 339 g/mol. The molecule has 1 aliphatic heterocycles. The number of hydrogen-bond donors (Lipinski definition) is 1. The molecule has 0 fully saturated rings. The van der Waals surface area contributed by atoms with Crippen molar-refractivity contribution in [3.05, 3.63) is 28.8 Å². The first kappa shape index (κ1) is 16.5. The number of benzene rings is 1. The average molecular weight is 340 g/mol. The van der Waals surface area contributed by atoms with E-state index >= 15 is 0 Å². The van der Waals surface area contributed by atoms with Gasteiger partial charge >= 0.3 is 6.18 Å². The fraction of sp³-hybridized carbons (Fsp3) is 0.462. The van der Waals surface area contributed by atoms with Crippen LogP contribution in [0.15, 0.2) is 23.1 Å². The Morgan fingerprint density at radius 1 is 1.48 bits per heavy atom. The van der Waals surface area contributed by atoms with E-state index in [-0.39, 0.29) is 6.04 Å². The zero-order chi connectivity index (χ0) is 15.5. The summed E-state index contributed by atoms with van der Waals surface area (Å²) in [6.07, 6.45) is -3.73. The van der Waals surface area contributed by atoms with Gasteiger partial charge in [-0.15, -0.1) is 11.8 Å². The van der Waals surface area contributed by atoms with Crippen LogP contribution in [0.1, 0.15) is 18.0 Å². The fourth-order valence-corrected chi connectivity index (χ4v) is 3.30. The van der Waals surface area contributed by atoms with E-state index in [4.69, 9.17) is 11.6 Å². The van der Waals surface area contributed by atoms with Crippen molar-refractivity contribution in [3.63, 3.8) is 0 Å². The molecule has 0 saturated carbocycles. The maximum Gasteiger partial charge on any atom is 0.411 e. The zero-order valence-corrected chi connectivity index (χ0v) is 12.4. The summed E-state index contributed by atoms with van der Waals surface area (Å²) in [7, 11) is 0. The highest BCUT2D eigenvalue weighted by atomic mass is 35.5. The summed E-state index contributed by atoms with van der Waals surface area (Å²) in [5.74, 6) is 0.255. The van der Waals surface area contributed by atoms with Crippen molar-refractivity contribution in [1.82, 2.24) is 5.32 Å². The van der Waals surface area contributed by atoms with Crippen molar-refractivity contribution >= 4 is 29.3 Å². The molecular weight excluding hydrogens is 327 g/mol. The van der Waals surface area contributed by atoms with Gasteiger partial charge in [0.1, 0.15) is 13.2 Å². The van der Waals surface area contributed by atoms with E-state index in [0.717, 1.165) is 16.2 Å². The number of alkyl halides is 3. The molecule has 1 N–H and O–H groups in total. The van der Waals surface area contributed by atoms with Crippen LogP contribution in [0.3, 0.4) is 0 Å². The predicted molar refractivity (Wildman–Crippen MR) is 74.6 cm³/mol. The van der Waals surface area contributed by atoms with Gasteiger partial charge in [-0.25, -0.2) is 0 Å². The summed E-state index contributed by atoms with van der Waals surface area (Å²) in [4.78, 5) is 12.7. The Labute approximate surface area is 129 Å². The highest BCUT2D eigenvalue weighted by Gasteiger charge is 2.28. The smallest absolute Gasteiger partial charge is 0.362 e. The lowest BCUT2D eigenvalue weighted by molar-refractivity contribution is -0.175. The lowest BCUT2D eigenvalue weighted by atomic mass is 10.0. The second-order valence-electron chi connectivity index (χ2n) is 4.55. The van der Waals surface area contributed by atoms with Gasteiger partial charge < -0.3 is 10.1 Å². The van der Waals surface area contributed by atoms with Crippen molar-refractivity contribution in [2.24, 2.45) is 0 Å². The van der Waals surface area contributed by atoms with Crippen molar-refractivity contribution < 1.29 is 22.7 Å². The molecule has 1 atom stereocenters. The summed E-state index contributed by atoms with van der Waals surface area (Å²) < 4.78 is 40.1. The highest BCUT2D eigenvalue weighted by Crippen LogP contribution is 2.37. The van der Waals surface area contributed by atoms with Crippen LogP contribution in [0.2, 0.25) is 5.02 Å². The number of nitrogens with one attached hydrogen (secondary N) is 1. The molecule has 3 nitrogen and oxygen atoms in total. The number of hydrogen-bond acceptors (Lipinski definition) is 3. The Hall–Kier alpha value is -0.920. The van der Waals surface area contributed by atoms with Crippen LogP contribution in [-0.4, -0.2) is 31.1 Å². The molecule has 1 aliphatic rings. The van der Waals surface area contributed by atoms with Crippen LogP contribution in [0.25, 0.3) is 0 Å². The third kappa shape index (κ3) is 5.09. The second kappa shape index (κ2) is 6.89. The van der Waals surface area contributed by atoms with Crippen LogP contribution in [0.5, 0.6) is 0 Å². The Morgan fingerprint density at radius 3 is 2.95 bits per heavy atom. The summed E-state index contributed by atoms with van der Waals surface area (Å²) in [6, 6.07) is 5.16. The zero-order valence-electron chi connectivity index (χ0n) is 10.9. The average Bonchev–Trinajstić information content (AvgIpc) is 2.38. The molecule has 0 spiro atoms. The summed E-state index contributed by atoms with van der Waals surface area (Å²) >= 11 is 7.60. The summed E-state index contributed by atoms with van der Waals surface area (Å²) in [6.45, 7) is -2.04. The van der Waals surface area contributed by atoms with E-state index in [1.807, 2.05) is 6.07 Å². The first-order chi connectivity index (χ1) is 9.85. The van der Waals surface area contributed by atoms with Gasteiger partial charge in [-0.05, 0) is 30.2 Å². The van der Waals surface area contributed by atoms with E-state index in [0.29, 0.717) is 11.4 Å². The standard InChI is InChI=1S/C13H13ClF3NO2S/c14-8-1-2-11-9(5-8)10(3-4-21-11)18-12(19)6-20-7-13(15,16)17/h1-2,5,10H,3-4,6-7H2,(H,18,19). The lowest BCUT2D eigenvalue weighted by Crippen LogP contribution is -2.34. The number of rotatable bonds is 4. The number of halogens is 4. The van der Waals surface area contributed by atoms with Gasteiger partial charge in [0.2, 0.25) is 5.91 Å². The van der Waals surface area contributed by atoms with Crippen LogP contribution < -0.4 is 5.32 Å². The SMILES string of the molecule is O=C(COCC(F)(F)F)NC1CCSc2ccc(Cl)cc21. The number of thioether (sulfide) groups is 1. The molecule has 2 rings (SSSR count). The fourth-order valence-electron chi connectivity index (χ4n) is 2.01. The minimum absolute atomic E-state index is 0.248. The normalized spacial score (nSPS) is 18.2. The molecule has 21 heavy (non-hydrogen) atoms. The first-order valence-corrected chi connectivity index (χ1v) is 7.57. The molecule has 0 aromatic heterocycles. The van der Waals surface area contributed by atoms with Gasteiger partial charge in [-0.1, -0.05) is 11.6 Å². The molecule has 1 amide bonds. The Kier molecular flexibility index (Phi) is 5.40. The Bertz CT molecular complexity index is 525. The van der Waals surface area contributed by atoms with Gasteiger partial charge in [-0.3, -0.25) is 4.79 Å². The van der Waals surface area contributed by atoms with E-state index < -0.39 is 25.3 Å². The third-order valence-electron chi connectivity index (χ3n) is 2.85. The van der Waals surface area contributed by atoms with Crippen molar-refractivity contribution in [2.75, 3.05) is 19.0 Å². The maximum atomic E-state index is 11.9. The largest absolute Gasteiger partial charge is 0.411 e. The highest BCUT2D eigenvalue weighted by molar-refractivity contribution is 7.99. The molecule has 0 aliphatic carbocycles. The number of fused-ring (bicyclic) bond motifs is 1. The number of amides is 1. The van der Waals surface area contributed by atoms with Gasteiger partial charge in [-0.2, -0.15) is 13.2 Å². The second-order valence-corrected chi connectivity index (χ2v) is 6.12. The van der Waals surface area contributed by atoms with Crippen molar-refractivity contribution in [1.29, 1.82) is 0 Å². The molecular formula is C13H13ClF3NO2S. The Balaban J connectivity index is 1.92. The molecule has 116 valence electrons. The number of ether oxygens (including phenoxy) is 1. The molecule has 1 aromatic carbocycles. The van der Waals surface area contributed by atoms with Gasteiger partial charge in [0.25, 0.3) is 0 Å². The quantitative estimate of drug-likeness (QED) is 0.911. The summed E-state index contributed by atoms with van der Waals surface area (Å²) in [5, 5.41) is 3.24. The van der Waals surface area contributed by atoms with Crippen LogP contribution in [0, 0.1) is 0 Å². The first-order valence-electron chi connectivity index (χ1n) is 6.21. The molecule has 0 radical (unpaired) electrons. The van der Waals surface area contributed by atoms with Gasteiger partial charge in [0, 0.05) is 15.7 Å². The third-order valence-corrected chi connectivity index (χ3v) is 4.20. The lowest BCUT2D eigenvalue weighted by Gasteiger charge is -2.26. The molecule has 0 saturated heterocycles. The van der Waals surface area contributed by atoms with E-state index in [1.165, 1.54) is 0 Å². The molecule has 1 aromatic rings.